The number of amides is 1. The largest absolute Gasteiger partial charge is 0.422 e. The summed E-state index contributed by atoms with van der Waals surface area (Å²) in [6.45, 7) is 3.12. The van der Waals surface area contributed by atoms with E-state index in [2.05, 4.69) is 5.32 Å². The lowest BCUT2D eigenvalue weighted by Gasteiger charge is -2.32. The van der Waals surface area contributed by atoms with Gasteiger partial charge in [-0.25, -0.2) is 4.79 Å². The van der Waals surface area contributed by atoms with E-state index < -0.39 is 5.63 Å². The van der Waals surface area contributed by atoms with Crippen LogP contribution in [0.25, 0.3) is 11.0 Å². The Morgan fingerprint density at radius 2 is 2.14 bits per heavy atom. The Morgan fingerprint density at radius 1 is 1.36 bits per heavy atom. The first kappa shape index (κ1) is 14.8. The van der Waals surface area contributed by atoms with Gasteiger partial charge in [-0.2, -0.15) is 0 Å². The van der Waals surface area contributed by atoms with Gasteiger partial charge in [0.15, 0.2) is 0 Å². The van der Waals surface area contributed by atoms with Gasteiger partial charge in [0.2, 0.25) is 0 Å². The van der Waals surface area contributed by atoms with Crippen LogP contribution in [0.3, 0.4) is 0 Å². The first-order valence-electron chi connectivity index (χ1n) is 7.61. The molecule has 0 saturated carbocycles. The van der Waals surface area contributed by atoms with Gasteiger partial charge in [0.05, 0.1) is 0 Å². The maximum atomic E-state index is 12.8. The highest BCUT2D eigenvalue weighted by molar-refractivity contribution is 5.99. The number of para-hydroxylation sites is 1. The van der Waals surface area contributed by atoms with Crippen LogP contribution < -0.4 is 10.9 Å². The standard InChI is InChI=1S/C17H20N2O3/c1-11-13-7-3-4-8-14(13)22-17(21)15(11)16(20)19-9-5-6-12(10-19)18-2/h3-4,7-8,12,18H,5-6,9-10H2,1-2H3. The molecule has 0 radical (unpaired) electrons. The molecule has 1 aromatic carbocycles. The predicted molar refractivity (Wildman–Crippen MR) is 85.2 cm³/mol. The lowest BCUT2D eigenvalue weighted by molar-refractivity contribution is 0.0693. The average Bonchev–Trinajstić information content (AvgIpc) is 2.54. The summed E-state index contributed by atoms with van der Waals surface area (Å²) in [5.41, 5.74) is 0.833. The van der Waals surface area contributed by atoms with Gasteiger partial charge in [0.25, 0.3) is 5.91 Å². The van der Waals surface area contributed by atoms with Crippen molar-refractivity contribution >= 4 is 16.9 Å². The normalized spacial score (nSPS) is 18.6. The maximum absolute atomic E-state index is 12.8. The van der Waals surface area contributed by atoms with Crippen LogP contribution in [0.1, 0.15) is 28.8 Å². The second-order valence-electron chi connectivity index (χ2n) is 5.76. The van der Waals surface area contributed by atoms with Crippen molar-refractivity contribution in [3.05, 3.63) is 45.8 Å². The molecule has 5 heteroatoms. The van der Waals surface area contributed by atoms with E-state index in [0.29, 0.717) is 24.2 Å². The monoisotopic (exact) mass is 300 g/mol. The number of likely N-dealkylation sites (N-methyl/N-ethyl adjacent to an activating group) is 1. The molecule has 2 heterocycles. The van der Waals surface area contributed by atoms with Crippen LogP contribution in [0.4, 0.5) is 0 Å². The number of carbonyl (C=O) groups excluding carboxylic acids is 1. The van der Waals surface area contributed by atoms with Gasteiger partial charge in [-0.05, 0) is 38.4 Å². The third kappa shape index (κ3) is 2.52. The van der Waals surface area contributed by atoms with Crippen LogP contribution in [0.2, 0.25) is 0 Å². The molecule has 1 amide bonds. The number of nitrogens with zero attached hydrogens (tertiary/aromatic N) is 1. The van der Waals surface area contributed by atoms with E-state index in [1.165, 1.54) is 0 Å². The number of rotatable bonds is 2. The summed E-state index contributed by atoms with van der Waals surface area (Å²) in [6.07, 6.45) is 1.99. The Bertz CT molecular complexity index is 766. The number of nitrogens with one attached hydrogen (secondary N) is 1. The predicted octanol–water partition coefficient (Wildman–Crippen LogP) is 1.93. The van der Waals surface area contributed by atoms with Crippen LogP contribution in [0.5, 0.6) is 0 Å². The topological polar surface area (TPSA) is 62.6 Å². The molecule has 0 spiro atoms. The Hall–Kier alpha value is -2.14. The molecule has 0 aliphatic carbocycles. The molecular formula is C17H20N2O3. The molecule has 1 fully saturated rings. The molecule has 22 heavy (non-hydrogen) atoms. The summed E-state index contributed by atoms with van der Waals surface area (Å²) in [5, 5.41) is 4.02. The zero-order chi connectivity index (χ0) is 15.7. The van der Waals surface area contributed by atoms with E-state index >= 15 is 0 Å². The van der Waals surface area contributed by atoms with Crippen molar-refractivity contribution in [2.45, 2.75) is 25.8 Å². The fourth-order valence-corrected chi connectivity index (χ4v) is 3.11. The van der Waals surface area contributed by atoms with E-state index in [-0.39, 0.29) is 17.5 Å². The highest BCUT2D eigenvalue weighted by atomic mass is 16.4. The summed E-state index contributed by atoms with van der Waals surface area (Å²) in [5.74, 6) is -0.225. The van der Waals surface area contributed by atoms with Crippen LogP contribution in [0, 0.1) is 6.92 Å². The second-order valence-corrected chi connectivity index (χ2v) is 5.76. The second kappa shape index (κ2) is 5.93. The molecule has 1 aliphatic rings. The van der Waals surface area contributed by atoms with Crippen molar-refractivity contribution in [3.63, 3.8) is 0 Å². The number of fused-ring (bicyclic) bond motifs is 1. The quantitative estimate of drug-likeness (QED) is 0.861. The van der Waals surface area contributed by atoms with Crippen LogP contribution >= 0.6 is 0 Å². The Labute approximate surface area is 128 Å². The first-order valence-corrected chi connectivity index (χ1v) is 7.61. The minimum absolute atomic E-state index is 0.162. The van der Waals surface area contributed by atoms with E-state index in [0.717, 1.165) is 18.2 Å². The van der Waals surface area contributed by atoms with Gasteiger partial charge < -0.3 is 14.6 Å². The van der Waals surface area contributed by atoms with Gasteiger partial charge in [-0.1, -0.05) is 18.2 Å². The summed E-state index contributed by atoms with van der Waals surface area (Å²) < 4.78 is 5.32. The molecule has 1 saturated heterocycles. The molecular weight excluding hydrogens is 280 g/mol. The minimum Gasteiger partial charge on any atom is -0.422 e. The third-order valence-corrected chi connectivity index (χ3v) is 4.40. The lowest BCUT2D eigenvalue weighted by atomic mass is 10.0. The van der Waals surface area contributed by atoms with Crippen molar-refractivity contribution in [1.82, 2.24) is 10.2 Å². The zero-order valence-electron chi connectivity index (χ0n) is 12.9. The van der Waals surface area contributed by atoms with E-state index in [1.54, 1.807) is 11.0 Å². The number of carbonyl (C=O) groups is 1. The van der Waals surface area contributed by atoms with Gasteiger partial charge >= 0.3 is 5.63 Å². The lowest BCUT2D eigenvalue weighted by Crippen LogP contribution is -2.48. The van der Waals surface area contributed by atoms with Crippen LogP contribution in [-0.4, -0.2) is 37.0 Å². The first-order chi connectivity index (χ1) is 10.6. The van der Waals surface area contributed by atoms with Crippen molar-refractivity contribution in [3.8, 4) is 0 Å². The summed E-state index contributed by atoms with van der Waals surface area (Å²) in [7, 11) is 1.90. The highest BCUT2D eigenvalue weighted by Crippen LogP contribution is 2.21. The third-order valence-electron chi connectivity index (χ3n) is 4.40. The molecule has 3 rings (SSSR count). The number of benzene rings is 1. The summed E-state index contributed by atoms with van der Waals surface area (Å²) in [4.78, 5) is 26.8. The minimum atomic E-state index is -0.548. The van der Waals surface area contributed by atoms with Gasteiger partial charge in [-0.3, -0.25) is 4.79 Å². The molecule has 0 bridgehead atoms. The van der Waals surface area contributed by atoms with Gasteiger partial charge in [0, 0.05) is 24.5 Å². The van der Waals surface area contributed by atoms with Gasteiger partial charge in [-0.15, -0.1) is 0 Å². The Morgan fingerprint density at radius 3 is 2.91 bits per heavy atom. The number of piperidine rings is 1. The smallest absolute Gasteiger partial charge is 0.349 e. The van der Waals surface area contributed by atoms with Gasteiger partial charge in [0.1, 0.15) is 11.1 Å². The maximum Gasteiger partial charge on any atom is 0.349 e. The molecule has 1 N–H and O–H groups in total. The van der Waals surface area contributed by atoms with Crippen molar-refractivity contribution < 1.29 is 9.21 Å². The zero-order valence-corrected chi connectivity index (χ0v) is 12.9. The van der Waals surface area contributed by atoms with Crippen LogP contribution in [-0.2, 0) is 0 Å². The van der Waals surface area contributed by atoms with E-state index in [1.807, 2.05) is 32.2 Å². The number of likely N-dealkylation sites (tertiary alicyclic amines) is 1. The van der Waals surface area contributed by atoms with Crippen molar-refractivity contribution in [1.29, 1.82) is 0 Å². The van der Waals surface area contributed by atoms with Crippen molar-refractivity contribution in [2.75, 3.05) is 20.1 Å². The molecule has 5 nitrogen and oxygen atoms in total. The molecule has 1 aliphatic heterocycles. The summed E-state index contributed by atoms with van der Waals surface area (Å²) >= 11 is 0. The molecule has 1 unspecified atom stereocenters. The molecule has 1 atom stereocenters. The molecule has 2 aromatic rings. The molecule has 1 aromatic heterocycles. The molecule has 116 valence electrons. The van der Waals surface area contributed by atoms with Crippen molar-refractivity contribution in [2.24, 2.45) is 0 Å². The van der Waals surface area contributed by atoms with Crippen LogP contribution in [0.15, 0.2) is 33.5 Å². The van der Waals surface area contributed by atoms with E-state index in [9.17, 15) is 9.59 Å². The average molecular weight is 300 g/mol. The number of hydrogen-bond donors (Lipinski definition) is 1. The Balaban J connectivity index is 2.02. The Kier molecular flexibility index (Phi) is 3.98. The summed E-state index contributed by atoms with van der Waals surface area (Å²) in [6, 6.07) is 7.59. The highest BCUT2D eigenvalue weighted by Gasteiger charge is 2.27. The fourth-order valence-electron chi connectivity index (χ4n) is 3.11. The SMILES string of the molecule is CNC1CCCN(C(=O)c2c(C)c3ccccc3oc2=O)C1. The number of hydrogen-bond acceptors (Lipinski definition) is 4. The fraction of sp³-hybridized carbons (Fsp3) is 0.412. The van der Waals surface area contributed by atoms with E-state index in [4.69, 9.17) is 4.42 Å². The number of aryl methyl sites for hydroxylation is 1.